The Balaban J connectivity index is 2.38. The molecule has 0 saturated carbocycles. The maximum atomic E-state index is 11.6. The van der Waals surface area contributed by atoms with E-state index in [0.717, 1.165) is 0 Å². The number of hydrogen-bond donors (Lipinski definition) is 1. The molecule has 1 aromatic heterocycles. The van der Waals surface area contributed by atoms with Gasteiger partial charge in [0.2, 0.25) is 0 Å². The Morgan fingerprint density at radius 2 is 2.35 bits per heavy atom. The van der Waals surface area contributed by atoms with Crippen LogP contribution in [0.15, 0.2) is 18.3 Å². The monoisotopic (exact) mass is 295 g/mol. The van der Waals surface area contributed by atoms with E-state index in [1.165, 1.54) is 17.2 Å². The van der Waals surface area contributed by atoms with Gasteiger partial charge in [0.05, 0.1) is 17.1 Å². The Labute approximate surface area is 116 Å². The molecule has 20 heavy (non-hydrogen) atoms. The summed E-state index contributed by atoms with van der Waals surface area (Å²) >= 11 is 0. The van der Waals surface area contributed by atoms with Gasteiger partial charge in [-0.05, 0) is 18.6 Å². The van der Waals surface area contributed by atoms with Crippen molar-refractivity contribution in [1.82, 2.24) is 4.98 Å². The fraction of sp³-hybridized carbons (Fsp3) is 0.417. The van der Waals surface area contributed by atoms with Crippen molar-refractivity contribution in [3.05, 3.63) is 23.9 Å². The van der Waals surface area contributed by atoms with Crippen LogP contribution in [0.1, 0.15) is 12.0 Å². The molecule has 7 nitrogen and oxygen atoms in total. The molecule has 1 aromatic rings. The molecule has 0 aliphatic carbocycles. The number of carboxylic acid groups (broad SMARTS) is 1. The van der Waals surface area contributed by atoms with Gasteiger partial charge in [-0.1, -0.05) is 0 Å². The van der Waals surface area contributed by atoms with E-state index in [0.29, 0.717) is 6.42 Å². The number of aromatic nitrogens is 1. The van der Waals surface area contributed by atoms with Gasteiger partial charge in [-0.2, -0.15) is 5.26 Å². The summed E-state index contributed by atoms with van der Waals surface area (Å²) < 4.78 is 23.1. The molecule has 2 rings (SSSR count). The second kappa shape index (κ2) is 5.46. The molecule has 0 spiro atoms. The molecule has 1 aliphatic rings. The van der Waals surface area contributed by atoms with Crippen molar-refractivity contribution in [3.8, 4) is 6.07 Å². The number of rotatable bonds is 4. The van der Waals surface area contributed by atoms with Gasteiger partial charge < -0.3 is 10.0 Å². The van der Waals surface area contributed by atoms with E-state index in [1.54, 1.807) is 6.07 Å². The number of anilines is 1. The second-order valence-corrected chi connectivity index (χ2v) is 6.79. The lowest BCUT2D eigenvalue weighted by Crippen LogP contribution is -2.41. The summed E-state index contributed by atoms with van der Waals surface area (Å²) in [5, 5.41) is 18.1. The molecule has 1 atom stereocenters. The minimum atomic E-state index is -3.15. The van der Waals surface area contributed by atoms with Crippen LogP contribution in [0.25, 0.3) is 0 Å². The van der Waals surface area contributed by atoms with Crippen molar-refractivity contribution in [2.45, 2.75) is 12.5 Å². The molecule has 0 bridgehead atoms. The van der Waals surface area contributed by atoms with Crippen molar-refractivity contribution < 1.29 is 18.3 Å². The average molecular weight is 295 g/mol. The first kappa shape index (κ1) is 14.3. The third-order valence-electron chi connectivity index (χ3n) is 3.13. The van der Waals surface area contributed by atoms with Crippen LogP contribution < -0.4 is 4.90 Å². The normalized spacial score (nSPS) is 20.2. The van der Waals surface area contributed by atoms with Crippen LogP contribution in [0, 0.1) is 11.3 Å². The number of hydrogen-bond acceptors (Lipinski definition) is 6. The van der Waals surface area contributed by atoms with Gasteiger partial charge in [0.1, 0.15) is 18.4 Å². The van der Waals surface area contributed by atoms with Crippen LogP contribution >= 0.6 is 0 Å². The Bertz CT molecular complexity index is 666. The largest absolute Gasteiger partial charge is 0.480 e. The number of sulfone groups is 1. The lowest BCUT2D eigenvalue weighted by atomic mass is 10.2. The van der Waals surface area contributed by atoms with Gasteiger partial charge in [-0.3, -0.25) is 4.79 Å². The molecule has 1 aliphatic heterocycles. The van der Waals surface area contributed by atoms with Crippen molar-refractivity contribution in [3.63, 3.8) is 0 Å². The molecule has 1 fully saturated rings. The van der Waals surface area contributed by atoms with E-state index in [-0.39, 0.29) is 29.4 Å². The van der Waals surface area contributed by atoms with E-state index in [1.807, 2.05) is 6.07 Å². The molecule has 2 heterocycles. The lowest BCUT2D eigenvalue weighted by Gasteiger charge is -2.28. The highest BCUT2D eigenvalue weighted by Gasteiger charge is 2.34. The van der Waals surface area contributed by atoms with Crippen LogP contribution in [0.2, 0.25) is 0 Å². The number of nitriles is 1. The van der Waals surface area contributed by atoms with Crippen LogP contribution in [0.5, 0.6) is 0 Å². The maximum absolute atomic E-state index is 11.6. The molecule has 0 radical (unpaired) electrons. The Morgan fingerprint density at radius 3 is 2.90 bits per heavy atom. The highest BCUT2D eigenvalue weighted by Crippen LogP contribution is 2.25. The highest BCUT2D eigenvalue weighted by atomic mass is 32.2. The minimum absolute atomic E-state index is 0.0303. The van der Waals surface area contributed by atoms with Gasteiger partial charge in [0, 0.05) is 12.2 Å². The van der Waals surface area contributed by atoms with Crippen molar-refractivity contribution >= 4 is 21.6 Å². The molecule has 8 heteroatoms. The minimum Gasteiger partial charge on any atom is -0.480 e. The average Bonchev–Trinajstić information content (AvgIpc) is 2.76. The van der Waals surface area contributed by atoms with Crippen molar-refractivity contribution in [2.24, 2.45) is 0 Å². The number of pyridine rings is 1. The standard InChI is InChI=1S/C12H13N3O4S/c13-6-9-2-1-4-14-12(9)15(7-11(16)17)10-3-5-20(18,19)8-10/h1-2,4,10H,3,5,7-8H2,(H,16,17). The molecular weight excluding hydrogens is 282 g/mol. The Morgan fingerprint density at radius 1 is 1.60 bits per heavy atom. The topological polar surface area (TPSA) is 111 Å². The summed E-state index contributed by atoms with van der Waals surface area (Å²) in [6.45, 7) is -0.383. The predicted molar refractivity (Wildman–Crippen MR) is 71.0 cm³/mol. The summed E-state index contributed by atoms with van der Waals surface area (Å²) in [5.74, 6) is -0.951. The first-order chi connectivity index (χ1) is 9.43. The van der Waals surface area contributed by atoms with E-state index in [2.05, 4.69) is 4.98 Å². The van der Waals surface area contributed by atoms with Gasteiger partial charge in [0.15, 0.2) is 9.84 Å². The van der Waals surface area contributed by atoms with E-state index >= 15 is 0 Å². The van der Waals surface area contributed by atoms with Crippen LogP contribution in [0.3, 0.4) is 0 Å². The molecular formula is C12H13N3O4S. The first-order valence-electron chi connectivity index (χ1n) is 5.97. The van der Waals surface area contributed by atoms with Crippen LogP contribution in [-0.4, -0.2) is 48.6 Å². The van der Waals surface area contributed by atoms with Crippen molar-refractivity contribution in [2.75, 3.05) is 23.0 Å². The summed E-state index contributed by atoms with van der Waals surface area (Å²) in [6.07, 6.45) is 1.80. The predicted octanol–water partition coefficient (Wildman–Crippen LogP) is 0.0314. The first-order valence-corrected chi connectivity index (χ1v) is 7.79. The molecule has 1 saturated heterocycles. The fourth-order valence-electron chi connectivity index (χ4n) is 2.26. The van der Waals surface area contributed by atoms with Gasteiger partial charge in [-0.15, -0.1) is 0 Å². The summed E-state index contributed by atoms with van der Waals surface area (Å²) in [4.78, 5) is 16.4. The highest BCUT2D eigenvalue weighted by molar-refractivity contribution is 7.91. The van der Waals surface area contributed by atoms with Crippen molar-refractivity contribution in [1.29, 1.82) is 5.26 Å². The smallest absolute Gasteiger partial charge is 0.323 e. The third kappa shape index (κ3) is 3.05. The quantitative estimate of drug-likeness (QED) is 0.834. The molecule has 1 unspecified atom stereocenters. The zero-order chi connectivity index (χ0) is 14.8. The van der Waals surface area contributed by atoms with Crippen LogP contribution in [-0.2, 0) is 14.6 Å². The number of carboxylic acids is 1. The second-order valence-electron chi connectivity index (χ2n) is 4.56. The zero-order valence-corrected chi connectivity index (χ0v) is 11.4. The lowest BCUT2D eigenvalue weighted by molar-refractivity contribution is -0.135. The van der Waals surface area contributed by atoms with Gasteiger partial charge in [-0.25, -0.2) is 13.4 Å². The maximum Gasteiger partial charge on any atom is 0.323 e. The van der Waals surface area contributed by atoms with Gasteiger partial charge in [0.25, 0.3) is 0 Å². The number of aliphatic carboxylic acids is 1. The number of carbonyl (C=O) groups is 1. The Kier molecular flexibility index (Phi) is 3.90. The number of nitrogens with zero attached hydrogens (tertiary/aromatic N) is 3. The molecule has 1 N–H and O–H groups in total. The van der Waals surface area contributed by atoms with E-state index < -0.39 is 21.8 Å². The summed E-state index contributed by atoms with van der Waals surface area (Å²) in [5.41, 5.74) is 0.234. The molecule has 0 amide bonds. The summed E-state index contributed by atoms with van der Waals surface area (Å²) in [6, 6.07) is 4.59. The van der Waals surface area contributed by atoms with Gasteiger partial charge >= 0.3 is 5.97 Å². The zero-order valence-electron chi connectivity index (χ0n) is 10.6. The summed E-state index contributed by atoms with van der Waals surface area (Å²) in [7, 11) is -3.15. The van der Waals surface area contributed by atoms with Crippen LogP contribution in [0.4, 0.5) is 5.82 Å². The fourth-order valence-corrected chi connectivity index (χ4v) is 3.99. The van der Waals surface area contributed by atoms with E-state index in [9.17, 15) is 13.2 Å². The Hall–Kier alpha value is -2.14. The SMILES string of the molecule is N#Cc1cccnc1N(CC(=O)O)C1CCS(=O)(=O)C1. The van der Waals surface area contributed by atoms with E-state index in [4.69, 9.17) is 10.4 Å². The third-order valence-corrected chi connectivity index (χ3v) is 4.88. The molecule has 106 valence electrons. The molecule has 0 aromatic carbocycles.